The van der Waals surface area contributed by atoms with Gasteiger partial charge in [0.25, 0.3) is 0 Å². The van der Waals surface area contributed by atoms with Crippen molar-refractivity contribution in [2.45, 2.75) is 19.4 Å². The first kappa shape index (κ1) is 11.9. The Morgan fingerprint density at radius 3 is 2.71 bits per heavy atom. The van der Waals surface area contributed by atoms with Gasteiger partial charge in [0.05, 0.1) is 5.54 Å². The van der Waals surface area contributed by atoms with Crippen molar-refractivity contribution in [2.24, 2.45) is 0 Å². The molecule has 2 amide bonds. The highest BCUT2D eigenvalue weighted by molar-refractivity contribution is 5.89. The number of nitrogens with one attached hydrogen (secondary N) is 2. The average Bonchev–Trinajstić information content (AvgIpc) is 2.29. The van der Waals surface area contributed by atoms with Gasteiger partial charge in [0.1, 0.15) is 0 Å². The first-order valence-corrected chi connectivity index (χ1v) is 5.94. The van der Waals surface area contributed by atoms with Gasteiger partial charge in [-0.3, -0.25) is 0 Å². The molecule has 1 fully saturated rings. The van der Waals surface area contributed by atoms with Gasteiger partial charge in [-0.05, 0) is 26.0 Å². The third-order valence-corrected chi connectivity index (χ3v) is 3.07. The zero-order chi connectivity index (χ0) is 12.3. The molecule has 0 unspecified atom stereocenters. The maximum atomic E-state index is 12.2. The van der Waals surface area contributed by atoms with Gasteiger partial charge in [-0.25, -0.2) is 4.79 Å². The molecule has 0 aromatic heterocycles. The Labute approximate surface area is 102 Å². The van der Waals surface area contributed by atoms with E-state index in [1.807, 2.05) is 35.2 Å². The van der Waals surface area contributed by atoms with Crippen molar-refractivity contribution in [3.8, 4) is 0 Å². The summed E-state index contributed by atoms with van der Waals surface area (Å²) in [7, 11) is 0. The van der Waals surface area contributed by atoms with E-state index in [9.17, 15) is 4.79 Å². The molecule has 0 aliphatic carbocycles. The highest BCUT2D eigenvalue weighted by Gasteiger charge is 2.33. The highest BCUT2D eigenvalue weighted by atomic mass is 16.2. The number of urea groups is 1. The zero-order valence-electron chi connectivity index (χ0n) is 10.4. The number of nitrogens with zero attached hydrogens (tertiary/aromatic N) is 1. The molecule has 1 saturated heterocycles. The number of hydrogen-bond acceptors (Lipinski definition) is 2. The summed E-state index contributed by atoms with van der Waals surface area (Å²) >= 11 is 0. The number of hydrogen-bond donors (Lipinski definition) is 2. The Hall–Kier alpha value is -1.55. The van der Waals surface area contributed by atoms with Crippen LogP contribution in [-0.2, 0) is 0 Å². The summed E-state index contributed by atoms with van der Waals surface area (Å²) in [6.45, 7) is 6.57. The number of piperazine rings is 1. The second-order valence-corrected chi connectivity index (χ2v) is 4.94. The van der Waals surface area contributed by atoms with Crippen LogP contribution in [0.4, 0.5) is 10.5 Å². The van der Waals surface area contributed by atoms with Crippen LogP contribution in [0.2, 0.25) is 0 Å². The van der Waals surface area contributed by atoms with E-state index in [2.05, 4.69) is 24.5 Å². The van der Waals surface area contributed by atoms with Crippen LogP contribution in [0.25, 0.3) is 0 Å². The summed E-state index contributed by atoms with van der Waals surface area (Å²) < 4.78 is 0. The summed E-state index contributed by atoms with van der Waals surface area (Å²) in [6, 6.07) is 9.53. The van der Waals surface area contributed by atoms with Crippen LogP contribution in [0.5, 0.6) is 0 Å². The average molecular weight is 233 g/mol. The fourth-order valence-corrected chi connectivity index (χ4v) is 2.07. The smallest absolute Gasteiger partial charge is 0.317 e. The maximum absolute atomic E-state index is 12.2. The molecule has 2 rings (SSSR count). The standard InChI is InChI=1S/C13H19N3O/c1-13(2)10-14-8-9-16(13)12(17)15-11-6-4-3-5-7-11/h3-7,14H,8-10H2,1-2H3,(H,15,17). The lowest BCUT2D eigenvalue weighted by Crippen LogP contribution is -2.60. The van der Waals surface area contributed by atoms with Crippen LogP contribution in [-0.4, -0.2) is 36.1 Å². The second-order valence-electron chi connectivity index (χ2n) is 4.94. The number of anilines is 1. The third-order valence-electron chi connectivity index (χ3n) is 3.07. The van der Waals surface area contributed by atoms with Crippen LogP contribution < -0.4 is 10.6 Å². The summed E-state index contributed by atoms with van der Waals surface area (Å²) in [5.74, 6) is 0. The van der Waals surface area contributed by atoms with Crippen molar-refractivity contribution < 1.29 is 4.79 Å². The van der Waals surface area contributed by atoms with Crippen LogP contribution in [0.15, 0.2) is 30.3 Å². The molecule has 1 heterocycles. The molecule has 4 heteroatoms. The Bertz CT molecular complexity index is 389. The van der Waals surface area contributed by atoms with Gasteiger partial charge in [0.15, 0.2) is 0 Å². The van der Waals surface area contributed by atoms with Crippen molar-refractivity contribution in [3.63, 3.8) is 0 Å². The predicted molar refractivity (Wildman–Crippen MR) is 69.1 cm³/mol. The Kier molecular flexibility index (Phi) is 3.33. The molecular formula is C13H19N3O. The normalized spacial score (nSPS) is 18.8. The van der Waals surface area contributed by atoms with Gasteiger partial charge >= 0.3 is 6.03 Å². The zero-order valence-corrected chi connectivity index (χ0v) is 10.4. The molecule has 92 valence electrons. The third kappa shape index (κ3) is 2.77. The SMILES string of the molecule is CC1(C)CNCCN1C(=O)Nc1ccccc1. The number of benzene rings is 1. The second kappa shape index (κ2) is 4.75. The molecule has 1 aliphatic heterocycles. The minimum absolute atomic E-state index is 0.0253. The lowest BCUT2D eigenvalue weighted by Gasteiger charge is -2.42. The first-order chi connectivity index (χ1) is 8.09. The van der Waals surface area contributed by atoms with Gasteiger partial charge < -0.3 is 15.5 Å². The molecule has 0 radical (unpaired) electrons. The Balaban J connectivity index is 2.04. The van der Waals surface area contributed by atoms with Gasteiger partial charge in [0.2, 0.25) is 0 Å². The van der Waals surface area contributed by atoms with Gasteiger partial charge in [-0.15, -0.1) is 0 Å². The molecule has 0 bridgehead atoms. The van der Waals surface area contributed by atoms with Crippen molar-refractivity contribution >= 4 is 11.7 Å². The fraction of sp³-hybridized carbons (Fsp3) is 0.462. The van der Waals surface area contributed by atoms with E-state index in [0.717, 1.165) is 25.3 Å². The van der Waals surface area contributed by atoms with Crippen molar-refractivity contribution in [1.29, 1.82) is 0 Å². The van der Waals surface area contributed by atoms with Crippen molar-refractivity contribution in [3.05, 3.63) is 30.3 Å². The van der Waals surface area contributed by atoms with E-state index >= 15 is 0 Å². The largest absolute Gasteiger partial charge is 0.322 e. The van der Waals surface area contributed by atoms with Gasteiger partial charge in [0, 0.05) is 25.3 Å². The number of para-hydroxylation sites is 1. The summed E-state index contributed by atoms with van der Waals surface area (Å²) in [5, 5.41) is 6.23. The number of rotatable bonds is 1. The molecule has 1 aromatic carbocycles. The lowest BCUT2D eigenvalue weighted by molar-refractivity contribution is 0.123. The number of amides is 2. The summed E-state index contributed by atoms with van der Waals surface area (Å²) in [5.41, 5.74) is 0.698. The quantitative estimate of drug-likeness (QED) is 0.778. The van der Waals surface area contributed by atoms with E-state index in [1.54, 1.807) is 0 Å². The minimum atomic E-state index is -0.142. The molecule has 4 nitrogen and oxygen atoms in total. The Morgan fingerprint density at radius 2 is 2.06 bits per heavy atom. The first-order valence-electron chi connectivity index (χ1n) is 5.94. The minimum Gasteiger partial charge on any atom is -0.317 e. The lowest BCUT2D eigenvalue weighted by atomic mass is 10.0. The molecular weight excluding hydrogens is 214 g/mol. The van der Waals surface area contributed by atoms with E-state index < -0.39 is 0 Å². The van der Waals surface area contributed by atoms with E-state index in [1.165, 1.54) is 0 Å². The predicted octanol–water partition coefficient (Wildman–Crippen LogP) is 1.90. The molecule has 0 atom stereocenters. The summed E-state index contributed by atoms with van der Waals surface area (Å²) in [4.78, 5) is 14.1. The topological polar surface area (TPSA) is 44.4 Å². The molecule has 1 aromatic rings. The Morgan fingerprint density at radius 1 is 1.35 bits per heavy atom. The molecule has 2 N–H and O–H groups in total. The van der Waals surface area contributed by atoms with Crippen molar-refractivity contribution in [2.75, 3.05) is 25.0 Å². The fourth-order valence-electron chi connectivity index (χ4n) is 2.07. The van der Waals surface area contributed by atoms with E-state index in [0.29, 0.717) is 0 Å². The number of carbonyl (C=O) groups excluding carboxylic acids is 1. The molecule has 0 spiro atoms. The van der Waals surface area contributed by atoms with E-state index in [-0.39, 0.29) is 11.6 Å². The monoisotopic (exact) mass is 233 g/mol. The molecule has 0 saturated carbocycles. The number of carbonyl (C=O) groups is 1. The van der Waals surface area contributed by atoms with Crippen LogP contribution >= 0.6 is 0 Å². The van der Waals surface area contributed by atoms with E-state index in [4.69, 9.17) is 0 Å². The maximum Gasteiger partial charge on any atom is 0.322 e. The van der Waals surface area contributed by atoms with Crippen molar-refractivity contribution in [1.82, 2.24) is 10.2 Å². The van der Waals surface area contributed by atoms with Crippen LogP contribution in [0.3, 0.4) is 0 Å². The van der Waals surface area contributed by atoms with Gasteiger partial charge in [-0.2, -0.15) is 0 Å². The van der Waals surface area contributed by atoms with Gasteiger partial charge in [-0.1, -0.05) is 18.2 Å². The molecule has 1 aliphatic rings. The van der Waals surface area contributed by atoms with Crippen LogP contribution in [0.1, 0.15) is 13.8 Å². The summed E-state index contributed by atoms with van der Waals surface area (Å²) in [6.07, 6.45) is 0. The molecule has 17 heavy (non-hydrogen) atoms. The van der Waals surface area contributed by atoms with Crippen LogP contribution in [0, 0.1) is 0 Å². The highest BCUT2D eigenvalue weighted by Crippen LogP contribution is 2.18.